The number of carboxylic acids is 1. The highest BCUT2D eigenvalue weighted by atomic mass is 32.2. The second kappa shape index (κ2) is 28.3. The van der Waals surface area contributed by atoms with Gasteiger partial charge in [-0.1, -0.05) is 76.2 Å². The zero-order chi connectivity index (χ0) is 53.6. The van der Waals surface area contributed by atoms with Crippen LogP contribution in [0.3, 0.4) is 0 Å². The Hall–Kier alpha value is -3.07. The number of oxime groups is 1. The molecule has 0 aromatic rings. The van der Waals surface area contributed by atoms with Gasteiger partial charge in [0, 0.05) is 64.1 Å². The molecular formula is C55H86N2O14S2. The van der Waals surface area contributed by atoms with Crippen LogP contribution in [-0.2, 0) is 47.7 Å². The van der Waals surface area contributed by atoms with Gasteiger partial charge in [-0.25, -0.2) is 9.59 Å². The zero-order valence-electron chi connectivity index (χ0n) is 44.9. The number of methoxy groups -OCH3 is 3. The highest BCUT2D eigenvalue weighted by Crippen LogP contribution is 2.54. The lowest BCUT2D eigenvalue weighted by atomic mass is 9.78. The number of nitrogens with zero attached hydrogens (tertiary/aromatic N) is 2. The minimum Gasteiger partial charge on any atom is -0.479 e. The largest absolute Gasteiger partial charge is 0.479 e. The lowest BCUT2D eigenvalue weighted by Crippen LogP contribution is -2.61. The predicted molar refractivity (Wildman–Crippen MR) is 284 cm³/mol. The van der Waals surface area contributed by atoms with Gasteiger partial charge in [0.2, 0.25) is 12.4 Å². The van der Waals surface area contributed by atoms with Gasteiger partial charge >= 0.3 is 11.9 Å². The fraction of sp³-hybridized carbons (Fsp3) is 0.764. The van der Waals surface area contributed by atoms with Crippen LogP contribution < -0.4 is 0 Å². The number of cyclic esters (lactones) is 1. The van der Waals surface area contributed by atoms with Gasteiger partial charge in [-0.15, -0.1) is 23.5 Å². The van der Waals surface area contributed by atoms with E-state index in [0.717, 1.165) is 23.5 Å². The van der Waals surface area contributed by atoms with Crippen molar-refractivity contribution in [3.05, 3.63) is 47.6 Å². The van der Waals surface area contributed by atoms with Crippen molar-refractivity contribution < 1.29 is 68.1 Å². The summed E-state index contributed by atoms with van der Waals surface area (Å²) >= 11 is 3.57. The Labute approximate surface area is 442 Å². The number of thioether (sulfide) groups is 2. The lowest BCUT2D eigenvalue weighted by Gasteiger charge is -2.43. The van der Waals surface area contributed by atoms with Crippen LogP contribution in [0, 0.1) is 35.5 Å². The summed E-state index contributed by atoms with van der Waals surface area (Å²) in [7, 11) is 4.68. The van der Waals surface area contributed by atoms with Crippen molar-refractivity contribution in [3.8, 4) is 0 Å². The first-order chi connectivity index (χ1) is 34.7. The number of esters is 1. The molecule has 412 valence electrons. The molecule has 5 aliphatic rings. The number of fused-ring (bicyclic) bond motifs is 3. The van der Waals surface area contributed by atoms with E-state index in [1.807, 2.05) is 57.2 Å². The Morgan fingerprint density at radius 3 is 2.30 bits per heavy atom. The van der Waals surface area contributed by atoms with E-state index in [4.69, 9.17) is 28.5 Å². The van der Waals surface area contributed by atoms with Gasteiger partial charge in [0.15, 0.2) is 0 Å². The van der Waals surface area contributed by atoms with Gasteiger partial charge in [-0.3, -0.25) is 9.59 Å². The molecule has 4 heterocycles. The third kappa shape index (κ3) is 16.0. The number of allylic oxidation sites excluding steroid dienone is 6. The van der Waals surface area contributed by atoms with Crippen LogP contribution in [0.4, 0.5) is 0 Å². The first-order valence-corrected chi connectivity index (χ1v) is 28.4. The maximum atomic E-state index is 14.8. The Morgan fingerprint density at radius 2 is 1.63 bits per heavy atom. The number of Topliss-reactive ketones (excluding diaryl/α,β-unsaturated/α-hetero) is 1. The van der Waals surface area contributed by atoms with Crippen molar-refractivity contribution in [2.24, 2.45) is 40.7 Å². The second-order valence-electron chi connectivity index (χ2n) is 21.4. The molecule has 1 spiro atoms. The first-order valence-electron chi connectivity index (χ1n) is 26.5. The highest BCUT2D eigenvalue weighted by molar-refractivity contribution is 8.21. The fourth-order valence-electron chi connectivity index (χ4n) is 11.4. The molecule has 73 heavy (non-hydrogen) atoms. The third-order valence-corrected chi connectivity index (χ3v) is 19.7. The fourth-order valence-corrected chi connectivity index (χ4v) is 14.8. The topological polar surface area (TPSA) is 220 Å². The van der Waals surface area contributed by atoms with Gasteiger partial charge in [-0.2, -0.15) is 0 Å². The molecule has 4 aliphatic heterocycles. The van der Waals surface area contributed by atoms with Crippen LogP contribution in [0.1, 0.15) is 126 Å². The number of hydrogen-bond acceptors (Lipinski definition) is 16. The van der Waals surface area contributed by atoms with Crippen LogP contribution in [0.25, 0.3) is 0 Å². The smallest absolute Gasteiger partial charge is 0.344 e. The maximum Gasteiger partial charge on any atom is 0.344 e. The van der Waals surface area contributed by atoms with Crippen LogP contribution in [-0.4, -0.2) is 159 Å². The minimum absolute atomic E-state index is 0.0234. The van der Waals surface area contributed by atoms with Crippen molar-refractivity contribution in [1.29, 1.82) is 0 Å². The van der Waals surface area contributed by atoms with Crippen LogP contribution in [0.15, 0.2) is 52.8 Å². The highest BCUT2D eigenvalue weighted by Gasteiger charge is 2.53. The molecule has 0 unspecified atom stereocenters. The van der Waals surface area contributed by atoms with E-state index < -0.39 is 88.7 Å². The lowest BCUT2D eigenvalue weighted by molar-refractivity contribution is -0.265. The quantitative estimate of drug-likeness (QED) is 0.0753. The van der Waals surface area contributed by atoms with E-state index in [1.165, 1.54) is 12.0 Å². The number of carbonyl (C=O) groups excluding carboxylic acids is 3. The van der Waals surface area contributed by atoms with Gasteiger partial charge < -0.3 is 53.8 Å². The molecule has 0 aromatic carbocycles. The molecule has 5 rings (SSSR count). The summed E-state index contributed by atoms with van der Waals surface area (Å²) in [5, 5.41) is 48.6. The van der Waals surface area contributed by atoms with Gasteiger partial charge in [0.25, 0.3) is 11.7 Å². The summed E-state index contributed by atoms with van der Waals surface area (Å²) in [5.74, 6) is -5.71. The third-order valence-electron chi connectivity index (χ3n) is 15.9. The number of piperidine rings is 1. The van der Waals surface area contributed by atoms with Crippen LogP contribution in [0.5, 0.6) is 0 Å². The number of carboxylic acid groups (broad SMARTS) is 1. The van der Waals surface area contributed by atoms with Crippen molar-refractivity contribution in [3.63, 3.8) is 0 Å². The predicted octanol–water partition coefficient (Wildman–Crippen LogP) is 7.68. The van der Waals surface area contributed by atoms with E-state index in [9.17, 15) is 39.6 Å². The molecule has 2 bridgehead atoms. The molecule has 3 saturated heterocycles. The Bertz CT molecular complexity index is 2010. The normalized spacial score (nSPS) is 39.4. The molecule has 0 aromatic heterocycles. The van der Waals surface area contributed by atoms with Crippen molar-refractivity contribution >= 4 is 52.9 Å². The summed E-state index contributed by atoms with van der Waals surface area (Å²) in [6.07, 6.45) is 13.6. The van der Waals surface area contributed by atoms with Gasteiger partial charge in [-0.05, 0) is 113 Å². The van der Waals surface area contributed by atoms with E-state index in [1.54, 1.807) is 44.7 Å². The average Bonchev–Trinajstić information content (AvgIpc) is 3.85. The van der Waals surface area contributed by atoms with E-state index in [-0.39, 0.29) is 48.7 Å². The van der Waals surface area contributed by atoms with E-state index >= 15 is 0 Å². The number of amides is 1. The molecule has 4 fully saturated rings. The Kier molecular flexibility index (Phi) is 23.6. The van der Waals surface area contributed by atoms with Gasteiger partial charge in [0.05, 0.1) is 34.2 Å². The molecule has 1 saturated carbocycles. The second-order valence-corrected chi connectivity index (χ2v) is 24.5. The molecule has 4 N–H and O–H groups in total. The molecule has 18 heteroatoms. The molecular weight excluding hydrogens is 977 g/mol. The van der Waals surface area contributed by atoms with Crippen LogP contribution >= 0.6 is 23.5 Å². The standard InChI is InChI=1S/C55H86N2O14S2/c1-33-16-12-11-13-17-34(2)44(66-8)30-41-21-19-38(6)55(65,71-41)51(62)52(63)57-23-15-14-18-42(57)53(64)70-46(35(3)28-40-20-22-43(58)45(29-40)67-9)31-54(72-24-25-73-54)39(7)27-37(5)49(61)50(68-10)48(36(4)26-33)56-69-32-47(59)60/h11-13,16-17,27,33,35-36,38-46,49-50,58,61,65H,14-15,18-26,28-32H2,1-10H3,(H,59,60)/b13-11+,16-12+,34-17+,37-27+,56-48-/t33-,35-,36-,38-,39-,40+,41+,42+,43-,44+,45-,46+,49-,50+,55-/m1/s1. The number of aliphatic hydroxyl groups excluding tert-OH is 2. The molecule has 0 radical (unpaired) electrons. The number of rotatable bonds is 9. The first kappa shape index (κ1) is 60.8. The van der Waals surface area contributed by atoms with E-state index in [0.29, 0.717) is 75.5 Å². The Morgan fingerprint density at radius 1 is 0.904 bits per heavy atom. The number of aliphatic carboxylic acids is 1. The minimum atomic E-state index is -2.41. The van der Waals surface area contributed by atoms with E-state index in [2.05, 4.69) is 25.9 Å². The molecule has 16 nitrogen and oxygen atoms in total. The number of ketones is 1. The number of aliphatic hydroxyl groups is 3. The zero-order valence-corrected chi connectivity index (χ0v) is 46.6. The van der Waals surface area contributed by atoms with Crippen molar-refractivity contribution in [2.45, 2.75) is 184 Å². The van der Waals surface area contributed by atoms with Crippen molar-refractivity contribution in [2.75, 3.05) is 46.0 Å². The SMILES string of the molecule is CO[C@H]1C[C@@H]2CC[C@@H](C)[C@@](O)(O2)C(=O)C(=O)N2CCCC[C@H]2C(=O)O[C@H]([C@H](C)C[C@@H]2CC[C@@H](O)[C@H](OC)C2)CC2(SCCS2)[C@H](C)/C=C(\C)[C@@H](O)[C@@H](OC)/C(=N\OCC(=O)O)[C@H](C)C[C@H](C)/C=C/C=C/C=C/1C. The molecule has 1 aliphatic carbocycles. The monoisotopic (exact) mass is 1060 g/mol. The number of ether oxygens (including phenoxy) is 5. The molecule has 1 amide bonds. The number of hydrogen-bond donors (Lipinski definition) is 4. The summed E-state index contributed by atoms with van der Waals surface area (Å²) in [4.78, 5) is 61.9. The number of carbonyl (C=O) groups is 4. The van der Waals surface area contributed by atoms with Gasteiger partial charge in [0.1, 0.15) is 24.4 Å². The average molecular weight is 1060 g/mol. The Balaban J connectivity index is 1.56. The van der Waals surface area contributed by atoms with Crippen LogP contribution in [0.2, 0.25) is 0 Å². The maximum absolute atomic E-state index is 14.8. The summed E-state index contributed by atoms with van der Waals surface area (Å²) < 4.78 is 30.0. The summed E-state index contributed by atoms with van der Waals surface area (Å²) in [6.45, 7) is 13.1. The molecule has 15 atom stereocenters. The van der Waals surface area contributed by atoms with Crippen molar-refractivity contribution in [1.82, 2.24) is 4.90 Å². The summed E-state index contributed by atoms with van der Waals surface area (Å²) in [5.41, 5.74) is 1.87. The summed E-state index contributed by atoms with van der Waals surface area (Å²) in [6, 6.07) is -1.06.